The molecule has 0 aliphatic carbocycles. The standard InChI is InChI=1S/C8H7F3IN/c9-8(10,11)13-5-6-3-1-2-4-7(6)12/h1-4,13H,5H2. The van der Waals surface area contributed by atoms with Crippen molar-refractivity contribution in [1.82, 2.24) is 5.32 Å². The molecule has 0 aromatic heterocycles. The Labute approximate surface area is 87.5 Å². The largest absolute Gasteiger partial charge is 0.457 e. The second-order valence-corrected chi connectivity index (χ2v) is 3.60. The summed E-state index contributed by atoms with van der Waals surface area (Å²) in [6, 6.07) is 6.95. The zero-order valence-electron chi connectivity index (χ0n) is 6.53. The summed E-state index contributed by atoms with van der Waals surface area (Å²) in [6.07, 6.45) is -4.31. The van der Waals surface area contributed by atoms with Gasteiger partial charge in [0.2, 0.25) is 0 Å². The van der Waals surface area contributed by atoms with Crippen LogP contribution in [0.2, 0.25) is 0 Å². The van der Waals surface area contributed by atoms with E-state index in [4.69, 9.17) is 0 Å². The summed E-state index contributed by atoms with van der Waals surface area (Å²) in [5.41, 5.74) is 0.653. The fourth-order valence-corrected chi connectivity index (χ4v) is 1.42. The second kappa shape index (κ2) is 4.28. The van der Waals surface area contributed by atoms with E-state index in [0.29, 0.717) is 5.56 Å². The lowest BCUT2D eigenvalue weighted by molar-refractivity contribution is -0.158. The molecule has 1 aromatic rings. The van der Waals surface area contributed by atoms with Gasteiger partial charge in [0.05, 0.1) is 0 Å². The zero-order chi connectivity index (χ0) is 9.90. The Morgan fingerprint density at radius 2 is 1.85 bits per heavy atom. The normalized spacial score (nSPS) is 11.7. The molecule has 1 nitrogen and oxygen atoms in total. The van der Waals surface area contributed by atoms with E-state index in [-0.39, 0.29) is 6.54 Å². The van der Waals surface area contributed by atoms with Crippen LogP contribution in [0.5, 0.6) is 0 Å². The van der Waals surface area contributed by atoms with Gasteiger partial charge < -0.3 is 0 Å². The molecular formula is C8H7F3IN. The predicted octanol–water partition coefficient (Wildman–Crippen LogP) is 2.90. The second-order valence-electron chi connectivity index (χ2n) is 2.44. The Morgan fingerprint density at radius 1 is 1.23 bits per heavy atom. The molecule has 72 valence electrons. The minimum absolute atomic E-state index is 0.178. The van der Waals surface area contributed by atoms with Crippen LogP contribution in [0.3, 0.4) is 0 Å². The van der Waals surface area contributed by atoms with Crippen molar-refractivity contribution in [3.63, 3.8) is 0 Å². The number of alkyl halides is 3. The first-order chi connectivity index (χ1) is 5.99. The van der Waals surface area contributed by atoms with E-state index in [9.17, 15) is 13.2 Å². The van der Waals surface area contributed by atoms with Crippen LogP contribution in [0.4, 0.5) is 13.2 Å². The van der Waals surface area contributed by atoms with Gasteiger partial charge in [0.15, 0.2) is 0 Å². The minimum Gasteiger partial charge on any atom is -0.224 e. The molecule has 13 heavy (non-hydrogen) atoms. The average molecular weight is 301 g/mol. The highest BCUT2D eigenvalue weighted by Gasteiger charge is 2.26. The topological polar surface area (TPSA) is 12.0 Å². The van der Waals surface area contributed by atoms with E-state index in [2.05, 4.69) is 0 Å². The first-order valence-electron chi connectivity index (χ1n) is 3.54. The van der Waals surface area contributed by atoms with Crippen LogP contribution >= 0.6 is 22.6 Å². The van der Waals surface area contributed by atoms with Gasteiger partial charge in [-0.15, -0.1) is 0 Å². The van der Waals surface area contributed by atoms with E-state index < -0.39 is 6.30 Å². The molecule has 0 saturated carbocycles. The number of hydrogen-bond donors (Lipinski definition) is 1. The van der Waals surface area contributed by atoms with Gasteiger partial charge >= 0.3 is 6.30 Å². The molecule has 0 saturated heterocycles. The van der Waals surface area contributed by atoms with Gasteiger partial charge in [-0.3, -0.25) is 0 Å². The number of benzene rings is 1. The molecule has 0 fully saturated rings. The van der Waals surface area contributed by atoms with Crippen LogP contribution in [-0.4, -0.2) is 6.30 Å². The first-order valence-corrected chi connectivity index (χ1v) is 4.62. The van der Waals surface area contributed by atoms with Crippen molar-refractivity contribution < 1.29 is 13.2 Å². The van der Waals surface area contributed by atoms with Crippen molar-refractivity contribution in [3.05, 3.63) is 33.4 Å². The van der Waals surface area contributed by atoms with Crippen molar-refractivity contribution in [3.8, 4) is 0 Å². The Hall–Kier alpha value is -0.300. The maximum Gasteiger partial charge on any atom is 0.457 e. The Balaban J connectivity index is 2.60. The summed E-state index contributed by atoms with van der Waals surface area (Å²) in [7, 11) is 0. The van der Waals surface area contributed by atoms with Crippen LogP contribution in [0.15, 0.2) is 24.3 Å². The lowest BCUT2D eigenvalue weighted by atomic mass is 10.2. The van der Waals surface area contributed by atoms with Gasteiger partial charge in [0.1, 0.15) is 0 Å². The molecule has 0 radical (unpaired) electrons. The number of halogens is 4. The summed E-state index contributed by atoms with van der Waals surface area (Å²) in [6.45, 7) is -0.178. The highest BCUT2D eigenvalue weighted by atomic mass is 127. The van der Waals surface area contributed by atoms with E-state index in [1.54, 1.807) is 24.3 Å². The van der Waals surface area contributed by atoms with Crippen molar-refractivity contribution in [2.24, 2.45) is 0 Å². The zero-order valence-corrected chi connectivity index (χ0v) is 8.69. The van der Waals surface area contributed by atoms with Crippen molar-refractivity contribution in [1.29, 1.82) is 0 Å². The molecule has 0 atom stereocenters. The van der Waals surface area contributed by atoms with Crippen LogP contribution < -0.4 is 5.32 Å². The van der Waals surface area contributed by atoms with Crippen LogP contribution in [0, 0.1) is 3.57 Å². The quantitative estimate of drug-likeness (QED) is 0.654. The Bertz CT molecular complexity index is 285. The molecule has 0 aliphatic rings. The molecule has 5 heteroatoms. The van der Waals surface area contributed by atoms with Gasteiger partial charge in [-0.25, -0.2) is 5.32 Å². The number of nitrogens with one attached hydrogen (secondary N) is 1. The predicted molar refractivity (Wildman–Crippen MR) is 52.1 cm³/mol. The molecule has 0 heterocycles. The summed E-state index contributed by atoms with van der Waals surface area (Å²) in [5, 5.41) is 1.47. The number of rotatable bonds is 2. The third-order valence-electron chi connectivity index (χ3n) is 1.44. The van der Waals surface area contributed by atoms with E-state index >= 15 is 0 Å². The fourth-order valence-electron chi connectivity index (χ4n) is 0.837. The lowest BCUT2D eigenvalue weighted by Crippen LogP contribution is -2.30. The van der Waals surface area contributed by atoms with E-state index in [0.717, 1.165) is 3.57 Å². The molecule has 0 unspecified atom stereocenters. The maximum atomic E-state index is 11.8. The molecule has 0 spiro atoms. The van der Waals surface area contributed by atoms with Gasteiger partial charge in [-0.2, -0.15) is 13.2 Å². The Morgan fingerprint density at radius 3 is 2.38 bits per heavy atom. The molecule has 0 aliphatic heterocycles. The highest BCUT2D eigenvalue weighted by Crippen LogP contribution is 2.15. The van der Waals surface area contributed by atoms with Crippen molar-refractivity contribution in [2.75, 3.05) is 0 Å². The average Bonchev–Trinajstić information content (AvgIpc) is 2.01. The summed E-state index contributed by atoms with van der Waals surface area (Å²) >= 11 is 2.00. The summed E-state index contributed by atoms with van der Waals surface area (Å²) < 4.78 is 36.1. The lowest BCUT2D eigenvalue weighted by Gasteiger charge is -2.09. The first kappa shape index (κ1) is 10.8. The molecule has 1 rings (SSSR count). The summed E-state index contributed by atoms with van der Waals surface area (Å²) in [4.78, 5) is 0. The third kappa shape index (κ3) is 3.95. The molecular weight excluding hydrogens is 294 g/mol. The smallest absolute Gasteiger partial charge is 0.224 e. The monoisotopic (exact) mass is 301 g/mol. The third-order valence-corrected chi connectivity index (χ3v) is 2.49. The summed E-state index contributed by atoms with van der Waals surface area (Å²) in [5.74, 6) is 0. The Kier molecular flexibility index (Phi) is 3.55. The van der Waals surface area contributed by atoms with Crippen LogP contribution in [-0.2, 0) is 6.54 Å². The van der Waals surface area contributed by atoms with Crippen molar-refractivity contribution >= 4 is 22.6 Å². The van der Waals surface area contributed by atoms with E-state index in [1.165, 1.54) is 5.32 Å². The molecule has 1 N–H and O–H groups in total. The minimum atomic E-state index is -4.31. The van der Waals surface area contributed by atoms with Gasteiger partial charge in [-0.1, -0.05) is 18.2 Å². The van der Waals surface area contributed by atoms with E-state index in [1.807, 2.05) is 22.6 Å². The fraction of sp³-hybridized carbons (Fsp3) is 0.250. The van der Waals surface area contributed by atoms with Gasteiger partial charge in [-0.05, 0) is 34.2 Å². The van der Waals surface area contributed by atoms with Crippen molar-refractivity contribution in [2.45, 2.75) is 12.8 Å². The number of hydrogen-bond acceptors (Lipinski definition) is 1. The van der Waals surface area contributed by atoms with Crippen LogP contribution in [0.25, 0.3) is 0 Å². The molecule has 0 bridgehead atoms. The maximum absolute atomic E-state index is 11.8. The van der Waals surface area contributed by atoms with Gasteiger partial charge in [0, 0.05) is 10.1 Å². The molecule has 0 amide bonds. The van der Waals surface area contributed by atoms with Crippen LogP contribution in [0.1, 0.15) is 5.56 Å². The molecule has 1 aromatic carbocycles. The highest BCUT2D eigenvalue weighted by molar-refractivity contribution is 14.1. The SMILES string of the molecule is FC(F)(F)NCc1ccccc1I. The van der Waals surface area contributed by atoms with Gasteiger partial charge in [0.25, 0.3) is 0 Å².